The third-order valence-electron chi connectivity index (χ3n) is 3.35. The second kappa shape index (κ2) is 7.97. The van der Waals surface area contributed by atoms with Crippen molar-refractivity contribution in [3.05, 3.63) is 59.4 Å². The number of aryl methyl sites for hydroxylation is 1. The highest BCUT2D eigenvalue weighted by Crippen LogP contribution is 2.24. The van der Waals surface area contributed by atoms with E-state index in [1.807, 2.05) is 0 Å². The first-order valence-corrected chi connectivity index (χ1v) is 8.36. The molecular weight excluding hydrogens is 327 g/mol. The number of hydrogen-bond donors (Lipinski definition) is 1. The third kappa shape index (κ3) is 4.58. The first-order valence-electron chi connectivity index (χ1n) is 7.38. The first-order chi connectivity index (χ1) is 11.4. The average molecular weight is 346 g/mol. The molecule has 0 saturated heterocycles. The van der Waals surface area contributed by atoms with Gasteiger partial charge in [-0.25, -0.2) is 4.39 Å². The largest absolute Gasteiger partial charge is 0.348 e. The van der Waals surface area contributed by atoms with Crippen molar-refractivity contribution >= 4 is 29.3 Å². The van der Waals surface area contributed by atoms with Gasteiger partial charge in [-0.15, -0.1) is 11.8 Å². The number of thioether (sulfide) groups is 1. The van der Waals surface area contributed by atoms with E-state index in [9.17, 15) is 14.0 Å². The summed E-state index contributed by atoms with van der Waals surface area (Å²) in [6.45, 7) is 1.78. The molecule has 2 amide bonds. The van der Waals surface area contributed by atoms with Crippen molar-refractivity contribution in [3.63, 3.8) is 0 Å². The van der Waals surface area contributed by atoms with Crippen molar-refractivity contribution in [2.75, 3.05) is 25.2 Å². The van der Waals surface area contributed by atoms with E-state index in [4.69, 9.17) is 0 Å². The second-order valence-corrected chi connectivity index (χ2v) is 6.53. The summed E-state index contributed by atoms with van der Waals surface area (Å²) in [5.74, 6) is -0.690. The monoisotopic (exact) mass is 346 g/mol. The van der Waals surface area contributed by atoms with Crippen molar-refractivity contribution in [1.82, 2.24) is 4.90 Å². The number of hydrogen-bond acceptors (Lipinski definition) is 3. The summed E-state index contributed by atoms with van der Waals surface area (Å²) in [6, 6.07) is 11.6. The Morgan fingerprint density at radius 1 is 1.17 bits per heavy atom. The molecule has 0 bridgehead atoms. The van der Waals surface area contributed by atoms with Crippen LogP contribution in [0.3, 0.4) is 0 Å². The van der Waals surface area contributed by atoms with Crippen LogP contribution in [0.1, 0.15) is 15.9 Å². The van der Waals surface area contributed by atoms with Gasteiger partial charge in [-0.3, -0.25) is 9.59 Å². The maximum atomic E-state index is 13.9. The van der Waals surface area contributed by atoms with E-state index in [0.29, 0.717) is 10.5 Å². The molecule has 6 heteroatoms. The normalized spacial score (nSPS) is 10.3. The SMILES string of the molecule is Cc1ccc(NC(=O)c2ccccc2SCC(=O)N(C)C)c(F)c1. The van der Waals surface area contributed by atoms with Crippen molar-refractivity contribution in [3.8, 4) is 0 Å². The molecule has 0 spiro atoms. The van der Waals surface area contributed by atoms with Gasteiger partial charge < -0.3 is 10.2 Å². The van der Waals surface area contributed by atoms with Gasteiger partial charge in [-0.2, -0.15) is 0 Å². The number of anilines is 1. The van der Waals surface area contributed by atoms with E-state index in [1.165, 1.54) is 28.8 Å². The quantitative estimate of drug-likeness (QED) is 0.842. The van der Waals surface area contributed by atoms with Crippen LogP contribution in [0.4, 0.5) is 10.1 Å². The van der Waals surface area contributed by atoms with Gasteiger partial charge in [0.05, 0.1) is 17.0 Å². The molecule has 1 N–H and O–H groups in total. The Kier molecular flexibility index (Phi) is 5.98. The van der Waals surface area contributed by atoms with Crippen LogP contribution in [-0.4, -0.2) is 36.6 Å². The number of halogens is 1. The van der Waals surface area contributed by atoms with Crippen LogP contribution in [0.5, 0.6) is 0 Å². The summed E-state index contributed by atoms with van der Waals surface area (Å²) >= 11 is 1.28. The minimum Gasteiger partial charge on any atom is -0.348 e. The maximum absolute atomic E-state index is 13.9. The van der Waals surface area contributed by atoms with Crippen molar-refractivity contribution < 1.29 is 14.0 Å². The van der Waals surface area contributed by atoms with E-state index in [-0.39, 0.29) is 17.3 Å². The summed E-state index contributed by atoms with van der Waals surface area (Å²) in [6.07, 6.45) is 0. The first kappa shape index (κ1) is 18.0. The summed E-state index contributed by atoms with van der Waals surface area (Å²) in [7, 11) is 3.36. The Labute approximate surface area is 145 Å². The molecule has 0 atom stereocenters. The van der Waals surface area contributed by atoms with Crippen LogP contribution >= 0.6 is 11.8 Å². The molecule has 0 unspecified atom stereocenters. The smallest absolute Gasteiger partial charge is 0.256 e. The van der Waals surface area contributed by atoms with Crippen LogP contribution in [0.25, 0.3) is 0 Å². The molecular formula is C18H19FN2O2S. The van der Waals surface area contributed by atoms with Crippen molar-refractivity contribution in [2.45, 2.75) is 11.8 Å². The van der Waals surface area contributed by atoms with Gasteiger partial charge in [-0.05, 0) is 36.8 Å². The predicted octanol–water partition coefficient (Wildman–Crippen LogP) is 3.57. The molecule has 0 aliphatic heterocycles. The van der Waals surface area contributed by atoms with Crippen LogP contribution in [0.15, 0.2) is 47.4 Å². The van der Waals surface area contributed by atoms with Gasteiger partial charge in [0.2, 0.25) is 5.91 Å². The number of rotatable bonds is 5. The maximum Gasteiger partial charge on any atom is 0.256 e. The molecule has 0 saturated carbocycles. The summed E-state index contributed by atoms with van der Waals surface area (Å²) < 4.78 is 13.9. The van der Waals surface area contributed by atoms with Gasteiger partial charge in [-0.1, -0.05) is 18.2 Å². The molecule has 0 aliphatic rings. The summed E-state index contributed by atoms with van der Waals surface area (Å²) in [4.78, 5) is 26.4. The number of amides is 2. The Bertz CT molecular complexity index is 762. The Hall–Kier alpha value is -2.34. The number of nitrogens with zero attached hydrogens (tertiary/aromatic N) is 1. The summed E-state index contributed by atoms with van der Waals surface area (Å²) in [5.41, 5.74) is 1.33. The van der Waals surface area contributed by atoms with Gasteiger partial charge in [0.1, 0.15) is 5.82 Å². The van der Waals surface area contributed by atoms with Gasteiger partial charge >= 0.3 is 0 Å². The topological polar surface area (TPSA) is 49.4 Å². The number of carbonyl (C=O) groups excluding carboxylic acids is 2. The molecule has 2 rings (SSSR count). The minimum absolute atomic E-state index is 0.0419. The van der Waals surface area contributed by atoms with Crippen LogP contribution in [-0.2, 0) is 4.79 Å². The van der Waals surface area contributed by atoms with Crippen LogP contribution < -0.4 is 5.32 Å². The standard InChI is InChI=1S/C18H19FN2O2S/c1-12-8-9-15(14(19)10-12)20-18(23)13-6-4-5-7-16(13)24-11-17(22)21(2)3/h4-10H,11H2,1-3H3,(H,20,23). The molecule has 0 aromatic heterocycles. The molecule has 0 fully saturated rings. The lowest BCUT2D eigenvalue weighted by Crippen LogP contribution is -2.23. The number of nitrogens with one attached hydrogen (secondary N) is 1. The molecule has 0 heterocycles. The molecule has 24 heavy (non-hydrogen) atoms. The zero-order valence-corrected chi connectivity index (χ0v) is 14.6. The lowest BCUT2D eigenvalue weighted by Gasteiger charge is -2.12. The molecule has 0 radical (unpaired) electrons. The minimum atomic E-state index is -0.476. The number of carbonyl (C=O) groups is 2. The van der Waals surface area contributed by atoms with Crippen LogP contribution in [0.2, 0.25) is 0 Å². The summed E-state index contributed by atoms with van der Waals surface area (Å²) in [5, 5.41) is 2.58. The molecule has 0 aliphatic carbocycles. The van der Waals surface area contributed by atoms with E-state index < -0.39 is 11.7 Å². The molecule has 2 aromatic carbocycles. The molecule has 126 valence electrons. The lowest BCUT2D eigenvalue weighted by atomic mass is 10.2. The lowest BCUT2D eigenvalue weighted by molar-refractivity contribution is -0.125. The fourth-order valence-corrected chi connectivity index (χ4v) is 2.99. The van der Waals surface area contributed by atoms with Gasteiger partial charge in [0, 0.05) is 19.0 Å². The zero-order chi connectivity index (χ0) is 17.7. The highest BCUT2D eigenvalue weighted by molar-refractivity contribution is 8.00. The van der Waals surface area contributed by atoms with Gasteiger partial charge in [0.25, 0.3) is 5.91 Å². The second-order valence-electron chi connectivity index (χ2n) is 5.51. The van der Waals surface area contributed by atoms with Crippen LogP contribution in [0, 0.1) is 12.7 Å². The predicted molar refractivity (Wildman–Crippen MR) is 95.0 cm³/mol. The van der Waals surface area contributed by atoms with E-state index in [1.54, 1.807) is 51.4 Å². The Morgan fingerprint density at radius 2 is 1.88 bits per heavy atom. The highest BCUT2D eigenvalue weighted by Gasteiger charge is 2.15. The van der Waals surface area contributed by atoms with E-state index in [0.717, 1.165) is 5.56 Å². The average Bonchev–Trinajstić information content (AvgIpc) is 2.55. The third-order valence-corrected chi connectivity index (χ3v) is 4.41. The van der Waals surface area contributed by atoms with Gasteiger partial charge in [0.15, 0.2) is 0 Å². The van der Waals surface area contributed by atoms with Crippen molar-refractivity contribution in [2.24, 2.45) is 0 Å². The van der Waals surface area contributed by atoms with E-state index in [2.05, 4.69) is 5.32 Å². The fraction of sp³-hybridized carbons (Fsp3) is 0.222. The molecule has 4 nitrogen and oxygen atoms in total. The Morgan fingerprint density at radius 3 is 2.54 bits per heavy atom. The number of benzene rings is 2. The molecule has 2 aromatic rings. The Balaban J connectivity index is 2.16. The van der Waals surface area contributed by atoms with Crippen molar-refractivity contribution in [1.29, 1.82) is 0 Å². The fourth-order valence-electron chi connectivity index (χ4n) is 1.96. The highest BCUT2D eigenvalue weighted by atomic mass is 32.2. The van der Waals surface area contributed by atoms with E-state index >= 15 is 0 Å². The zero-order valence-electron chi connectivity index (χ0n) is 13.8.